The lowest BCUT2D eigenvalue weighted by Gasteiger charge is -2.33. The Morgan fingerprint density at radius 2 is 2.53 bits per heavy atom. The van der Waals surface area contributed by atoms with Crippen LogP contribution in [-0.4, -0.2) is 30.8 Å². The van der Waals surface area contributed by atoms with Gasteiger partial charge in [-0.2, -0.15) is 5.26 Å². The third-order valence-electron chi connectivity index (χ3n) is 2.92. The van der Waals surface area contributed by atoms with Crippen molar-refractivity contribution in [3.05, 3.63) is 17.8 Å². The second-order valence-electron chi connectivity index (χ2n) is 4.10. The molecule has 1 aliphatic heterocycles. The quantitative estimate of drug-likeness (QED) is 0.827. The number of morpholine rings is 1. The van der Waals surface area contributed by atoms with Crippen LogP contribution in [0.25, 0.3) is 0 Å². The van der Waals surface area contributed by atoms with Gasteiger partial charge in [0.05, 0.1) is 24.0 Å². The number of hydrogen-bond donors (Lipinski definition) is 1. The highest BCUT2D eigenvalue weighted by Gasteiger charge is 2.21. The zero-order chi connectivity index (χ0) is 12.3. The second kappa shape index (κ2) is 5.02. The Balaban J connectivity index is 2.19. The van der Waals surface area contributed by atoms with E-state index in [-0.39, 0.29) is 6.10 Å². The highest BCUT2D eigenvalue weighted by molar-refractivity contribution is 5.64. The summed E-state index contributed by atoms with van der Waals surface area (Å²) >= 11 is 0. The number of nitrogens with zero attached hydrogens (tertiary/aromatic N) is 3. The fourth-order valence-electron chi connectivity index (χ4n) is 1.96. The zero-order valence-electron chi connectivity index (χ0n) is 9.89. The number of nitriles is 1. The van der Waals surface area contributed by atoms with Gasteiger partial charge in [-0.25, -0.2) is 4.98 Å². The third kappa shape index (κ3) is 2.48. The number of pyridine rings is 1. The summed E-state index contributed by atoms with van der Waals surface area (Å²) in [6.45, 7) is 4.39. The van der Waals surface area contributed by atoms with E-state index in [0.29, 0.717) is 17.9 Å². The Labute approximate surface area is 101 Å². The molecule has 2 N–H and O–H groups in total. The maximum absolute atomic E-state index is 8.76. The molecule has 0 amide bonds. The average molecular weight is 232 g/mol. The standard InChI is InChI=1S/C12H16N4O/c1-2-10-8-16(3-4-17-10)12-11(14)5-9(6-13)7-15-12/h5,7,10H,2-4,8,14H2,1H3. The molecule has 2 heterocycles. The Kier molecular flexibility index (Phi) is 3.45. The molecule has 1 atom stereocenters. The summed E-state index contributed by atoms with van der Waals surface area (Å²) in [6.07, 6.45) is 2.77. The van der Waals surface area contributed by atoms with Crippen LogP contribution in [-0.2, 0) is 4.74 Å². The van der Waals surface area contributed by atoms with Crippen LogP contribution in [0.4, 0.5) is 11.5 Å². The van der Waals surface area contributed by atoms with Crippen LogP contribution in [0.2, 0.25) is 0 Å². The minimum Gasteiger partial charge on any atom is -0.396 e. The van der Waals surface area contributed by atoms with Crippen LogP contribution in [0.3, 0.4) is 0 Å². The molecule has 17 heavy (non-hydrogen) atoms. The van der Waals surface area contributed by atoms with Crippen molar-refractivity contribution in [2.45, 2.75) is 19.4 Å². The summed E-state index contributed by atoms with van der Waals surface area (Å²) in [5.74, 6) is 0.755. The number of aromatic nitrogens is 1. The van der Waals surface area contributed by atoms with Gasteiger partial charge in [-0.3, -0.25) is 0 Å². The van der Waals surface area contributed by atoms with Gasteiger partial charge in [0, 0.05) is 19.3 Å². The summed E-state index contributed by atoms with van der Waals surface area (Å²) < 4.78 is 5.60. The molecule has 90 valence electrons. The number of nitrogen functional groups attached to an aromatic ring is 1. The number of rotatable bonds is 2. The predicted octanol–water partition coefficient (Wildman–Crippen LogP) is 1.15. The zero-order valence-corrected chi connectivity index (χ0v) is 9.89. The molecule has 0 radical (unpaired) electrons. The fraction of sp³-hybridized carbons (Fsp3) is 0.500. The minimum atomic E-state index is 0.237. The SMILES string of the molecule is CCC1CN(c2ncc(C#N)cc2N)CCO1. The Morgan fingerprint density at radius 1 is 1.71 bits per heavy atom. The molecular formula is C12H16N4O. The number of ether oxygens (including phenoxy) is 1. The number of anilines is 2. The van der Waals surface area contributed by atoms with E-state index in [9.17, 15) is 0 Å². The van der Waals surface area contributed by atoms with Gasteiger partial charge in [-0.15, -0.1) is 0 Å². The van der Waals surface area contributed by atoms with E-state index in [1.54, 1.807) is 12.3 Å². The van der Waals surface area contributed by atoms with Crippen molar-refractivity contribution in [2.24, 2.45) is 0 Å². The van der Waals surface area contributed by atoms with Crippen LogP contribution in [0.15, 0.2) is 12.3 Å². The lowest BCUT2D eigenvalue weighted by atomic mass is 10.2. The third-order valence-corrected chi connectivity index (χ3v) is 2.92. The lowest BCUT2D eigenvalue weighted by Crippen LogP contribution is -2.42. The van der Waals surface area contributed by atoms with Crippen molar-refractivity contribution in [3.63, 3.8) is 0 Å². The van der Waals surface area contributed by atoms with E-state index in [4.69, 9.17) is 15.7 Å². The molecule has 1 aromatic heterocycles. The van der Waals surface area contributed by atoms with Crippen LogP contribution in [0.5, 0.6) is 0 Å². The fourth-order valence-corrected chi connectivity index (χ4v) is 1.96. The largest absolute Gasteiger partial charge is 0.396 e. The molecule has 1 aliphatic rings. The monoisotopic (exact) mass is 232 g/mol. The molecule has 0 bridgehead atoms. The highest BCUT2D eigenvalue weighted by Crippen LogP contribution is 2.23. The highest BCUT2D eigenvalue weighted by atomic mass is 16.5. The molecule has 1 aromatic rings. The first-order valence-electron chi connectivity index (χ1n) is 5.76. The minimum absolute atomic E-state index is 0.237. The number of hydrogen-bond acceptors (Lipinski definition) is 5. The Hall–Kier alpha value is -1.80. The number of nitrogens with two attached hydrogens (primary N) is 1. The van der Waals surface area contributed by atoms with Crippen LogP contribution in [0, 0.1) is 11.3 Å². The Bertz CT molecular complexity index is 441. The Morgan fingerprint density at radius 3 is 3.18 bits per heavy atom. The van der Waals surface area contributed by atoms with Crippen molar-refractivity contribution in [2.75, 3.05) is 30.3 Å². The second-order valence-corrected chi connectivity index (χ2v) is 4.10. The van der Waals surface area contributed by atoms with Gasteiger partial charge >= 0.3 is 0 Å². The molecular weight excluding hydrogens is 216 g/mol. The molecule has 1 unspecified atom stereocenters. The predicted molar refractivity (Wildman–Crippen MR) is 65.6 cm³/mol. The van der Waals surface area contributed by atoms with Gasteiger partial charge in [0.1, 0.15) is 6.07 Å². The molecule has 0 spiro atoms. The first-order valence-corrected chi connectivity index (χ1v) is 5.76. The molecule has 1 saturated heterocycles. The van der Waals surface area contributed by atoms with Crippen LogP contribution >= 0.6 is 0 Å². The molecule has 2 rings (SSSR count). The van der Waals surface area contributed by atoms with Crippen LogP contribution in [0.1, 0.15) is 18.9 Å². The molecule has 0 saturated carbocycles. The molecule has 0 aromatic carbocycles. The summed E-state index contributed by atoms with van der Waals surface area (Å²) in [5.41, 5.74) is 6.97. The molecule has 1 fully saturated rings. The summed E-state index contributed by atoms with van der Waals surface area (Å²) in [6, 6.07) is 3.70. The average Bonchev–Trinajstić information content (AvgIpc) is 2.38. The van der Waals surface area contributed by atoms with Gasteiger partial charge < -0.3 is 15.4 Å². The van der Waals surface area contributed by atoms with E-state index in [0.717, 1.165) is 25.3 Å². The normalized spacial score (nSPS) is 20.0. The topological polar surface area (TPSA) is 75.2 Å². The van der Waals surface area contributed by atoms with Crippen molar-refractivity contribution >= 4 is 11.5 Å². The van der Waals surface area contributed by atoms with Gasteiger partial charge in [-0.1, -0.05) is 6.92 Å². The molecule has 5 heteroatoms. The van der Waals surface area contributed by atoms with Gasteiger partial charge in [0.25, 0.3) is 0 Å². The van der Waals surface area contributed by atoms with Crippen molar-refractivity contribution in [1.82, 2.24) is 4.98 Å². The van der Waals surface area contributed by atoms with E-state index in [2.05, 4.69) is 16.8 Å². The summed E-state index contributed by atoms with van der Waals surface area (Å²) in [5, 5.41) is 8.76. The molecule has 0 aliphatic carbocycles. The van der Waals surface area contributed by atoms with E-state index >= 15 is 0 Å². The van der Waals surface area contributed by atoms with Gasteiger partial charge in [0.2, 0.25) is 0 Å². The maximum atomic E-state index is 8.76. The van der Waals surface area contributed by atoms with E-state index in [1.165, 1.54) is 0 Å². The van der Waals surface area contributed by atoms with Gasteiger partial charge in [-0.05, 0) is 12.5 Å². The smallest absolute Gasteiger partial charge is 0.152 e. The van der Waals surface area contributed by atoms with Gasteiger partial charge in [0.15, 0.2) is 5.82 Å². The van der Waals surface area contributed by atoms with E-state index < -0.39 is 0 Å². The van der Waals surface area contributed by atoms with E-state index in [1.807, 2.05) is 6.07 Å². The van der Waals surface area contributed by atoms with Crippen molar-refractivity contribution in [3.8, 4) is 6.07 Å². The summed E-state index contributed by atoms with van der Waals surface area (Å²) in [4.78, 5) is 6.38. The lowest BCUT2D eigenvalue weighted by molar-refractivity contribution is 0.0382. The molecule has 5 nitrogen and oxygen atoms in total. The first kappa shape index (κ1) is 11.7. The summed E-state index contributed by atoms with van der Waals surface area (Å²) in [7, 11) is 0. The van der Waals surface area contributed by atoms with Crippen molar-refractivity contribution in [1.29, 1.82) is 5.26 Å². The maximum Gasteiger partial charge on any atom is 0.152 e. The van der Waals surface area contributed by atoms with Crippen molar-refractivity contribution < 1.29 is 4.74 Å². The first-order chi connectivity index (χ1) is 8.24. The van der Waals surface area contributed by atoms with Crippen LogP contribution < -0.4 is 10.6 Å².